The number of thiophene rings is 1. The fourth-order valence-corrected chi connectivity index (χ4v) is 3.89. The number of rotatable bonds is 5. The van der Waals surface area contributed by atoms with Gasteiger partial charge in [0.25, 0.3) is 0 Å². The van der Waals surface area contributed by atoms with Crippen LogP contribution in [0.1, 0.15) is 25.1 Å². The Balaban J connectivity index is 2.23. The Morgan fingerprint density at radius 2 is 1.91 bits per heavy atom. The van der Waals surface area contributed by atoms with E-state index in [-0.39, 0.29) is 0 Å². The smallest absolute Gasteiger partial charge is 0.138 e. The maximum Gasteiger partial charge on any atom is 0.138 e. The van der Waals surface area contributed by atoms with Crippen LogP contribution >= 0.6 is 27.3 Å². The summed E-state index contributed by atoms with van der Waals surface area (Å²) in [7, 11) is 0. The van der Waals surface area contributed by atoms with Gasteiger partial charge in [0.1, 0.15) is 17.0 Å². The molecule has 0 aliphatic rings. The first-order valence-electron chi connectivity index (χ1n) is 7.50. The molecule has 0 amide bonds. The Morgan fingerprint density at radius 3 is 2.59 bits per heavy atom. The van der Waals surface area contributed by atoms with E-state index >= 15 is 0 Å². The molecule has 1 N–H and O–H groups in total. The Morgan fingerprint density at radius 1 is 1.14 bits per heavy atom. The Hall–Kier alpha value is -1.46. The lowest BCUT2D eigenvalue weighted by Gasteiger charge is -2.08. The molecule has 1 aromatic carbocycles. The monoisotopic (exact) mass is 375 g/mol. The second kappa shape index (κ2) is 6.75. The van der Waals surface area contributed by atoms with E-state index in [9.17, 15) is 0 Å². The number of halogens is 1. The van der Waals surface area contributed by atoms with Gasteiger partial charge in [0, 0.05) is 21.5 Å². The van der Waals surface area contributed by atoms with Gasteiger partial charge in [-0.1, -0.05) is 41.9 Å². The molecule has 0 saturated carbocycles. The highest BCUT2D eigenvalue weighted by Crippen LogP contribution is 2.41. The molecule has 0 aliphatic carbocycles. The van der Waals surface area contributed by atoms with Crippen LogP contribution in [0.15, 0.2) is 35.1 Å². The zero-order valence-corrected chi connectivity index (χ0v) is 15.1. The van der Waals surface area contributed by atoms with Crippen molar-refractivity contribution in [2.45, 2.75) is 26.7 Å². The molecule has 0 saturated heterocycles. The third-order valence-corrected chi connectivity index (χ3v) is 5.33. The van der Waals surface area contributed by atoms with E-state index in [1.165, 1.54) is 16.0 Å². The van der Waals surface area contributed by atoms with Crippen molar-refractivity contribution in [3.8, 4) is 11.1 Å². The number of fused-ring (bicyclic) bond motifs is 1. The first kappa shape index (κ1) is 15.4. The molecule has 22 heavy (non-hydrogen) atoms. The summed E-state index contributed by atoms with van der Waals surface area (Å²) in [5.74, 6) is 0.945. The topological polar surface area (TPSA) is 37.8 Å². The number of nitrogens with one attached hydrogen (secondary N) is 1. The quantitative estimate of drug-likeness (QED) is 0.639. The van der Waals surface area contributed by atoms with E-state index in [4.69, 9.17) is 0 Å². The summed E-state index contributed by atoms with van der Waals surface area (Å²) in [6, 6.07) is 8.48. The van der Waals surface area contributed by atoms with E-state index in [2.05, 4.69) is 69.3 Å². The van der Waals surface area contributed by atoms with Crippen molar-refractivity contribution in [3.63, 3.8) is 0 Å². The normalized spacial score (nSPS) is 11.0. The van der Waals surface area contributed by atoms with Crippen molar-refractivity contribution in [1.82, 2.24) is 9.97 Å². The van der Waals surface area contributed by atoms with Crippen LogP contribution in [0.25, 0.3) is 21.3 Å². The Kier molecular flexibility index (Phi) is 4.74. The van der Waals surface area contributed by atoms with Crippen molar-refractivity contribution < 1.29 is 0 Å². The van der Waals surface area contributed by atoms with Crippen LogP contribution in [0, 0.1) is 0 Å². The van der Waals surface area contributed by atoms with Gasteiger partial charge in [0.2, 0.25) is 0 Å². The van der Waals surface area contributed by atoms with Gasteiger partial charge in [-0.05, 0) is 30.5 Å². The van der Waals surface area contributed by atoms with E-state index in [1.807, 2.05) is 0 Å². The third kappa shape index (κ3) is 2.88. The summed E-state index contributed by atoms with van der Waals surface area (Å²) < 4.78 is 1.09. The average molecular weight is 376 g/mol. The van der Waals surface area contributed by atoms with Crippen LogP contribution in [0.2, 0.25) is 0 Å². The molecule has 0 atom stereocenters. The average Bonchev–Trinajstić information content (AvgIpc) is 2.93. The number of aryl methyl sites for hydroxylation is 1. The molecule has 0 aliphatic heterocycles. The Labute approximate surface area is 142 Å². The van der Waals surface area contributed by atoms with Gasteiger partial charge in [-0.15, -0.1) is 11.3 Å². The first-order chi connectivity index (χ1) is 10.7. The summed E-state index contributed by atoms with van der Waals surface area (Å²) in [4.78, 5) is 11.4. The zero-order valence-electron chi connectivity index (χ0n) is 12.7. The van der Waals surface area contributed by atoms with E-state index in [0.717, 1.165) is 39.9 Å². The molecule has 5 heteroatoms. The van der Waals surface area contributed by atoms with E-state index < -0.39 is 0 Å². The summed E-state index contributed by atoms with van der Waals surface area (Å²) in [5.41, 5.74) is 2.50. The van der Waals surface area contributed by atoms with E-state index in [0.29, 0.717) is 0 Å². The predicted octanol–water partition coefficient (Wildman–Crippen LogP) is 5.51. The standard InChI is InChI=1S/C17H18BrN3S/c1-3-9-19-16-15-14(11-5-7-12(18)8-6-11)13(4-2)22-17(15)21-10-20-16/h5-8,10H,3-4,9H2,1-2H3,(H,19,20,21). The minimum atomic E-state index is 0.920. The minimum absolute atomic E-state index is 0.920. The van der Waals surface area contributed by atoms with Crippen LogP contribution in [-0.4, -0.2) is 16.5 Å². The van der Waals surface area contributed by atoms with Crippen molar-refractivity contribution >= 4 is 43.3 Å². The fourth-order valence-electron chi connectivity index (χ4n) is 2.53. The van der Waals surface area contributed by atoms with Gasteiger partial charge >= 0.3 is 0 Å². The van der Waals surface area contributed by atoms with Gasteiger partial charge in [-0.3, -0.25) is 0 Å². The fraction of sp³-hybridized carbons (Fsp3) is 0.294. The lowest BCUT2D eigenvalue weighted by molar-refractivity contribution is 0.970. The number of nitrogens with zero attached hydrogens (tertiary/aromatic N) is 2. The van der Waals surface area contributed by atoms with Crippen LogP contribution in [0.5, 0.6) is 0 Å². The molecule has 114 valence electrons. The largest absolute Gasteiger partial charge is 0.369 e. The SMILES string of the molecule is CCCNc1ncnc2sc(CC)c(-c3ccc(Br)cc3)c12. The highest BCUT2D eigenvalue weighted by atomic mass is 79.9. The number of hydrogen-bond acceptors (Lipinski definition) is 4. The highest BCUT2D eigenvalue weighted by Gasteiger charge is 2.17. The van der Waals surface area contributed by atoms with Crippen LogP contribution in [0.4, 0.5) is 5.82 Å². The number of anilines is 1. The van der Waals surface area contributed by atoms with Gasteiger partial charge in [0.15, 0.2) is 0 Å². The van der Waals surface area contributed by atoms with Crippen LogP contribution in [-0.2, 0) is 6.42 Å². The molecular formula is C17H18BrN3S. The van der Waals surface area contributed by atoms with Crippen molar-refractivity contribution in [1.29, 1.82) is 0 Å². The number of aromatic nitrogens is 2. The van der Waals surface area contributed by atoms with Gasteiger partial charge in [-0.25, -0.2) is 9.97 Å². The molecule has 0 fully saturated rings. The second-order valence-electron chi connectivity index (χ2n) is 5.09. The molecule has 2 aromatic heterocycles. The highest BCUT2D eigenvalue weighted by molar-refractivity contribution is 9.10. The molecule has 3 aromatic rings. The minimum Gasteiger partial charge on any atom is -0.369 e. The second-order valence-corrected chi connectivity index (χ2v) is 7.09. The molecular weight excluding hydrogens is 358 g/mol. The van der Waals surface area contributed by atoms with Gasteiger partial charge in [-0.2, -0.15) is 0 Å². The zero-order chi connectivity index (χ0) is 15.5. The maximum atomic E-state index is 4.48. The van der Waals surface area contributed by atoms with E-state index in [1.54, 1.807) is 17.7 Å². The van der Waals surface area contributed by atoms with Gasteiger partial charge in [0.05, 0.1) is 5.39 Å². The van der Waals surface area contributed by atoms with Crippen molar-refractivity contribution in [2.24, 2.45) is 0 Å². The molecule has 2 heterocycles. The molecule has 0 radical (unpaired) electrons. The summed E-state index contributed by atoms with van der Waals surface area (Å²) in [6.45, 7) is 5.27. The number of benzene rings is 1. The lowest BCUT2D eigenvalue weighted by Crippen LogP contribution is -2.02. The summed E-state index contributed by atoms with van der Waals surface area (Å²) >= 11 is 5.28. The maximum absolute atomic E-state index is 4.48. The predicted molar refractivity (Wildman–Crippen MR) is 98.7 cm³/mol. The lowest BCUT2D eigenvalue weighted by atomic mass is 10.0. The summed E-state index contributed by atoms with van der Waals surface area (Å²) in [6.07, 6.45) is 3.73. The van der Waals surface area contributed by atoms with Crippen molar-refractivity contribution in [2.75, 3.05) is 11.9 Å². The number of hydrogen-bond donors (Lipinski definition) is 1. The van der Waals surface area contributed by atoms with Gasteiger partial charge < -0.3 is 5.32 Å². The van der Waals surface area contributed by atoms with Crippen LogP contribution < -0.4 is 5.32 Å². The molecule has 3 nitrogen and oxygen atoms in total. The van der Waals surface area contributed by atoms with Crippen molar-refractivity contribution in [3.05, 3.63) is 39.9 Å². The summed E-state index contributed by atoms with van der Waals surface area (Å²) in [5, 5.41) is 4.60. The molecule has 3 rings (SSSR count). The Bertz CT molecular complexity index is 780. The van der Waals surface area contributed by atoms with Crippen LogP contribution in [0.3, 0.4) is 0 Å². The molecule has 0 bridgehead atoms. The third-order valence-electron chi connectivity index (χ3n) is 3.56. The first-order valence-corrected chi connectivity index (χ1v) is 9.11. The molecule has 0 spiro atoms. The molecule has 0 unspecified atom stereocenters.